The molecule has 0 amide bonds. The topological polar surface area (TPSA) is 54.9 Å². The summed E-state index contributed by atoms with van der Waals surface area (Å²) in [5, 5.41) is 0.539. The molecule has 2 aromatic rings. The molecule has 1 aromatic carbocycles. The van der Waals surface area contributed by atoms with Crippen LogP contribution in [0.15, 0.2) is 33.9 Å². The maximum Gasteiger partial charge on any atom is 0.329 e. The molecule has 0 aliphatic carbocycles. The van der Waals surface area contributed by atoms with E-state index in [1.165, 1.54) is 0 Å². The number of aromatic amines is 1. The van der Waals surface area contributed by atoms with E-state index in [2.05, 4.69) is 4.98 Å². The fraction of sp³-hybridized carbons (Fsp3) is 0.333. The Morgan fingerprint density at radius 3 is 2.38 bits per heavy atom. The molecule has 1 heterocycles. The van der Waals surface area contributed by atoms with Gasteiger partial charge in [0, 0.05) is 5.54 Å². The lowest BCUT2D eigenvalue weighted by Crippen LogP contribution is -2.39. The Kier molecular flexibility index (Phi) is 2.22. The Hall–Kier alpha value is -1.84. The second-order valence-corrected chi connectivity index (χ2v) is 4.78. The zero-order valence-corrected chi connectivity index (χ0v) is 9.57. The smallest absolute Gasteiger partial charge is 0.288 e. The van der Waals surface area contributed by atoms with Gasteiger partial charge in [0.15, 0.2) is 0 Å². The molecular formula is C12H14N2O2. The second-order valence-electron chi connectivity index (χ2n) is 4.78. The molecule has 0 aliphatic rings. The highest BCUT2D eigenvalue weighted by Gasteiger charge is 2.18. The van der Waals surface area contributed by atoms with Gasteiger partial charge in [-0.1, -0.05) is 12.1 Å². The number of rotatable bonds is 0. The van der Waals surface area contributed by atoms with Gasteiger partial charge in [-0.15, -0.1) is 0 Å². The molecule has 16 heavy (non-hydrogen) atoms. The van der Waals surface area contributed by atoms with Crippen LogP contribution in [0.5, 0.6) is 0 Å². The van der Waals surface area contributed by atoms with E-state index in [1.807, 2.05) is 26.8 Å². The summed E-state index contributed by atoms with van der Waals surface area (Å²) >= 11 is 0. The summed E-state index contributed by atoms with van der Waals surface area (Å²) < 4.78 is 1.60. The lowest BCUT2D eigenvalue weighted by atomic mass is 10.1. The fourth-order valence-electron chi connectivity index (χ4n) is 1.86. The van der Waals surface area contributed by atoms with Crippen molar-refractivity contribution in [2.45, 2.75) is 26.3 Å². The number of hydrogen-bond acceptors (Lipinski definition) is 2. The largest absolute Gasteiger partial charge is 0.329 e. The molecule has 0 spiro atoms. The van der Waals surface area contributed by atoms with Gasteiger partial charge in [0.1, 0.15) is 0 Å². The van der Waals surface area contributed by atoms with Crippen LogP contribution in [0.2, 0.25) is 0 Å². The van der Waals surface area contributed by atoms with Crippen molar-refractivity contribution in [1.29, 1.82) is 0 Å². The molecule has 0 fully saturated rings. The van der Waals surface area contributed by atoms with Gasteiger partial charge in [-0.2, -0.15) is 0 Å². The second kappa shape index (κ2) is 3.33. The van der Waals surface area contributed by atoms with Crippen LogP contribution in [-0.4, -0.2) is 9.55 Å². The van der Waals surface area contributed by atoms with Crippen molar-refractivity contribution < 1.29 is 0 Å². The van der Waals surface area contributed by atoms with Crippen LogP contribution >= 0.6 is 0 Å². The zero-order chi connectivity index (χ0) is 11.9. The van der Waals surface area contributed by atoms with Crippen LogP contribution in [0.4, 0.5) is 0 Å². The predicted octanol–water partition coefficient (Wildman–Crippen LogP) is 1.44. The Labute approximate surface area is 92.5 Å². The third-order valence-corrected chi connectivity index (χ3v) is 2.48. The molecule has 0 saturated heterocycles. The minimum absolute atomic E-state index is 0.332. The summed E-state index contributed by atoms with van der Waals surface area (Å²) in [6.07, 6.45) is 0. The van der Waals surface area contributed by atoms with Crippen molar-refractivity contribution in [3.05, 3.63) is 45.1 Å². The van der Waals surface area contributed by atoms with Gasteiger partial charge < -0.3 is 0 Å². The maximum absolute atomic E-state index is 11.8. The third kappa shape index (κ3) is 1.56. The molecule has 0 bridgehead atoms. The number of benzene rings is 1. The lowest BCUT2D eigenvalue weighted by molar-refractivity contribution is 0.391. The van der Waals surface area contributed by atoms with Crippen molar-refractivity contribution in [3.63, 3.8) is 0 Å². The van der Waals surface area contributed by atoms with Gasteiger partial charge in [0.05, 0.1) is 10.9 Å². The van der Waals surface area contributed by atoms with Gasteiger partial charge in [-0.3, -0.25) is 14.3 Å². The van der Waals surface area contributed by atoms with E-state index in [1.54, 1.807) is 22.8 Å². The number of nitrogens with zero attached hydrogens (tertiary/aromatic N) is 1. The Bertz CT molecular complexity index is 644. The van der Waals surface area contributed by atoms with Crippen molar-refractivity contribution in [2.75, 3.05) is 0 Å². The lowest BCUT2D eigenvalue weighted by Gasteiger charge is -2.23. The van der Waals surface area contributed by atoms with Gasteiger partial charge in [-0.25, -0.2) is 4.79 Å². The van der Waals surface area contributed by atoms with Gasteiger partial charge in [0.2, 0.25) is 0 Å². The average Bonchev–Trinajstić information content (AvgIpc) is 2.15. The quantitative estimate of drug-likeness (QED) is 0.727. The first-order valence-corrected chi connectivity index (χ1v) is 5.16. The SMILES string of the molecule is CC(C)(C)n1c(=O)[nH]c(=O)c2ccccc21. The standard InChI is InChI=1S/C12H14N2O2/c1-12(2,3)14-9-7-5-4-6-8(9)10(15)13-11(14)16/h4-7H,1-3H3,(H,13,15,16). The van der Waals surface area contributed by atoms with Crippen molar-refractivity contribution in [1.82, 2.24) is 9.55 Å². The van der Waals surface area contributed by atoms with Crippen LogP contribution in [0.3, 0.4) is 0 Å². The zero-order valence-electron chi connectivity index (χ0n) is 9.57. The highest BCUT2D eigenvalue weighted by molar-refractivity contribution is 5.77. The third-order valence-electron chi connectivity index (χ3n) is 2.48. The first kappa shape index (κ1) is 10.7. The van der Waals surface area contributed by atoms with Gasteiger partial charge in [0.25, 0.3) is 5.56 Å². The van der Waals surface area contributed by atoms with Crippen LogP contribution in [-0.2, 0) is 5.54 Å². The van der Waals surface area contributed by atoms with Gasteiger partial charge >= 0.3 is 5.69 Å². The van der Waals surface area contributed by atoms with Crippen LogP contribution < -0.4 is 11.2 Å². The predicted molar refractivity (Wildman–Crippen MR) is 63.8 cm³/mol. The highest BCUT2D eigenvalue weighted by Crippen LogP contribution is 2.16. The molecule has 0 radical (unpaired) electrons. The molecule has 0 atom stereocenters. The molecular weight excluding hydrogens is 204 g/mol. The van der Waals surface area contributed by atoms with Crippen LogP contribution in [0, 0.1) is 0 Å². The molecule has 0 saturated carbocycles. The van der Waals surface area contributed by atoms with Crippen LogP contribution in [0.25, 0.3) is 10.9 Å². The van der Waals surface area contributed by atoms with E-state index >= 15 is 0 Å². The van der Waals surface area contributed by atoms with E-state index in [0.29, 0.717) is 10.9 Å². The summed E-state index contributed by atoms with van der Waals surface area (Å²) in [5.74, 6) is 0. The van der Waals surface area contributed by atoms with E-state index in [9.17, 15) is 9.59 Å². The van der Waals surface area contributed by atoms with E-state index in [4.69, 9.17) is 0 Å². The van der Waals surface area contributed by atoms with E-state index in [-0.39, 0.29) is 16.8 Å². The molecule has 1 N–H and O–H groups in total. The minimum atomic E-state index is -0.365. The fourth-order valence-corrected chi connectivity index (χ4v) is 1.86. The monoisotopic (exact) mass is 218 g/mol. The van der Waals surface area contributed by atoms with Crippen molar-refractivity contribution in [2.24, 2.45) is 0 Å². The van der Waals surface area contributed by atoms with Crippen LogP contribution in [0.1, 0.15) is 20.8 Å². The first-order chi connectivity index (χ1) is 7.41. The van der Waals surface area contributed by atoms with Crippen molar-refractivity contribution in [3.8, 4) is 0 Å². The minimum Gasteiger partial charge on any atom is -0.288 e. The number of para-hydroxylation sites is 1. The van der Waals surface area contributed by atoms with Gasteiger partial charge in [-0.05, 0) is 32.9 Å². The summed E-state index contributed by atoms with van der Waals surface area (Å²) in [6, 6.07) is 7.12. The average molecular weight is 218 g/mol. The Morgan fingerprint density at radius 1 is 1.12 bits per heavy atom. The van der Waals surface area contributed by atoms with E-state index in [0.717, 1.165) is 0 Å². The molecule has 1 aromatic heterocycles. The molecule has 0 aliphatic heterocycles. The molecule has 4 heteroatoms. The number of fused-ring (bicyclic) bond motifs is 1. The molecule has 4 nitrogen and oxygen atoms in total. The summed E-state index contributed by atoms with van der Waals surface area (Å²) in [6.45, 7) is 5.79. The summed E-state index contributed by atoms with van der Waals surface area (Å²) in [4.78, 5) is 25.8. The van der Waals surface area contributed by atoms with E-state index < -0.39 is 0 Å². The molecule has 0 unspecified atom stereocenters. The van der Waals surface area contributed by atoms with Crippen molar-refractivity contribution >= 4 is 10.9 Å². The number of H-pyrrole nitrogens is 1. The maximum atomic E-state index is 11.8. The number of aromatic nitrogens is 2. The number of nitrogens with one attached hydrogen (secondary N) is 1. The first-order valence-electron chi connectivity index (χ1n) is 5.16. The molecule has 84 valence electrons. The Balaban J connectivity index is 3.05. The number of hydrogen-bond donors (Lipinski definition) is 1. The molecule has 2 rings (SSSR count). The normalized spacial score (nSPS) is 11.9. The summed E-state index contributed by atoms with van der Waals surface area (Å²) in [7, 11) is 0. The highest BCUT2D eigenvalue weighted by atomic mass is 16.2. The summed E-state index contributed by atoms with van der Waals surface area (Å²) in [5.41, 5.74) is -0.387. The Morgan fingerprint density at radius 2 is 1.75 bits per heavy atom.